The second-order valence-electron chi connectivity index (χ2n) is 4.24. The second-order valence-corrected chi connectivity index (χ2v) is 4.24. The molecule has 2 N–H and O–H groups in total. The predicted octanol–water partition coefficient (Wildman–Crippen LogP) is 0.481. The first kappa shape index (κ1) is 11.1. The van der Waals surface area contributed by atoms with Gasteiger partial charge in [0.25, 0.3) is 5.91 Å². The summed E-state index contributed by atoms with van der Waals surface area (Å²) in [4.78, 5) is 14.0. The Labute approximate surface area is 95.2 Å². The predicted molar refractivity (Wildman–Crippen MR) is 61.1 cm³/mol. The molecule has 2 rings (SSSR count). The van der Waals surface area contributed by atoms with Gasteiger partial charge in [0.1, 0.15) is 0 Å². The molecule has 5 heteroatoms. The molecule has 1 fully saturated rings. The van der Waals surface area contributed by atoms with Gasteiger partial charge in [0.15, 0.2) is 0 Å². The van der Waals surface area contributed by atoms with Gasteiger partial charge >= 0.3 is 0 Å². The lowest BCUT2D eigenvalue weighted by molar-refractivity contribution is 0.0947. The Balaban J connectivity index is 1.74. The molecule has 88 valence electrons. The largest absolute Gasteiger partial charge is 0.352 e. The number of aromatic nitrogens is 2. The number of hydrogen-bond acceptors (Lipinski definition) is 3. The minimum absolute atomic E-state index is 0.0382. The number of likely N-dealkylation sites (tertiary alicyclic amines) is 1. The van der Waals surface area contributed by atoms with Crippen molar-refractivity contribution in [1.82, 2.24) is 20.4 Å². The van der Waals surface area contributed by atoms with Crippen molar-refractivity contribution >= 4 is 5.91 Å². The van der Waals surface area contributed by atoms with E-state index in [1.54, 1.807) is 12.4 Å². The van der Waals surface area contributed by atoms with Gasteiger partial charge in [0, 0.05) is 19.3 Å². The summed E-state index contributed by atoms with van der Waals surface area (Å²) >= 11 is 0. The molecule has 1 aliphatic rings. The van der Waals surface area contributed by atoms with Crippen LogP contribution in [-0.2, 0) is 0 Å². The van der Waals surface area contributed by atoms with Crippen LogP contribution in [0.15, 0.2) is 12.4 Å². The summed E-state index contributed by atoms with van der Waals surface area (Å²) in [6.07, 6.45) is 4.34. The van der Waals surface area contributed by atoms with E-state index >= 15 is 0 Å². The van der Waals surface area contributed by atoms with E-state index in [4.69, 9.17) is 0 Å². The standard InChI is InChI=1S/C11H18N4O/c1-2-15-4-3-9(8-15)5-12-11(16)10-6-13-14-7-10/h6-7,9H,2-5,8H2,1H3,(H,12,16)(H,13,14). The highest BCUT2D eigenvalue weighted by Gasteiger charge is 2.21. The van der Waals surface area contributed by atoms with Crippen molar-refractivity contribution in [1.29, 1.82) is 0 Å². The van der Waals surface area contributed by atoms with E-state index < -0.39 is 0 Å². The molecule has 2 heterocycles. The van der Waals surface area contributed by atoms with E-state index in [2.05, 4.69) is 27.3 Å². The van der Waals surface area contributed by atoms with Gasteiger partial charge in [-0.1, -0.05) is 6.92 Å². The van der Waals surface area contributed by atoms with Gasteiger partial charge < -0.3 is 10.2 Å². The first-order valence-electron chi connectivity index (χ1n) is 5.79. The summed E-state index contributed by atoms with van der Waals surface area (Å²) in [6, 6.07) is 0. The molecule has 0 aliphatic carbocycles. The second kappa shape index (κ2) is 5.12. The summed E-state index contributed by atoms with van der Waals surface area (Å²) < 4.78 is 0. The van der Waals surface area contributed by atoms with Crippen molar-refractivity contribution < 1.29 is 4.79 Å². The van der Waals surface area contributed by atoms with Crippen LogP contribution in [0.5, 0.6) is 0 Å². The number of rotatable bonds is 4. The molecule has 0 radical (unpaired) electrons. The van der Waals surface area contributed by atoms with Crippen LogP contribution in [0.25, 0.3) is 0 Å². The van der Waals surface area contributed by atoms with Crippen LogP contribution in [-0.4, -0.2) is 47.2 Å². The molecular formula is C11H18N4O. The summed E-state index contributed by atoms with van der Waals surface area (Å²) in [6.45, 7) is 6.30. The van der Waals surface area contributed by atoms with Crippen molar-refractivity contribution in [2.24, 2.45) is 5.92 Å². The van der Waals surface area contributed by atoms with Gasteiger partial charge in [0.2, 0.25) is 0 Å². The summed E-state index contributed by atoms with van der Waals surface area (Å²) in [5.74, 6) is 0.555. The molecule has 5 nitrogen and oxygen atoms in total. The maximum absolute atomic E-state index is 11.6. The van der Waals surface area contributed by atoms with Crippen LogP contribution in [0, 0.1) is 5.92 Å². The van der Waals surface area contributed by atoms with Crippen LogP contribution in [0.1, 0.15) is 23.7 Å². The van der Waals surface area contributed by atoms with Gasteiger partial charge in [-0.3, -0.25) is 9.89 Å². The zero-order chi connectivity index (χ0) is 11.4. The summed E-state index contributed by atoms with van der Waals surface area (Å²) in [5, 5.41) is 9.34. The maximum atomic E-state index is 11.6. The lowest BCUT2D eigenvalue weighted by Crippen LogP contribution is -2.30. The molecular weight excluding hydrogens is 204 g/mol. The molecule has 0 spiro atoms. The third-order valence-electron chi connectivity index (χ3n) is 3.13. The Kier molecular flexibility index (Phi) is 3.56. The molecule has 1 aromatic rings. The van der Waals surface area contributed by atoms with Crippen molar-refractivity contribution in [2.75, 3.05) is 26.2 Å². The Morgan fingerprint density at radius 1 is 1.75 bits per heavy atom. The number of carbonyl (C=O) groups is 1. The minimum atomic E-state index is -0.0382. The van der Waals surface area contributed by atoms with Crippen molar-refractivity contribution in [2.45, 2.75) is 13.3 Å². The molecule has 0 bridgehead atoms. The van der Waals surface area contributed by atoms with E-state index in [1.165, 1.54) is 6.42 Å². The number of amides is 1. The number of nitrogens with zero attached hydrogens (tertiary/aromatic N) is 2. The van der Waals surface area contributed by atoms with Crippen LogP contribution in [0.2, 0.25) is 0 Å². The van der Waals surface area contributed by atoms with E-state index in [-0.39, 0.29) is 5.91 Å². The van der Waals surface area contributed by atoms with Crippen molar-refractivity contribution in [3.63, 3.8) is 0 Å². The molecule has 1 aromatic heterocycles. The number of hydrogen-bond donors (Lipinski definition) is 2. The summed E-state index contributed by atoms with van der Waals surface area (Å²) in [7, 11) is 0. The van der Waals surface area contributed by atoms with Crippen molar-refractivity contribution in [3.8, 4) is 0 Å². The molecule has 16 heavy (non-hydrogen) atoms. The molecule has 0 saturated carbocycles. The van der Waals surface area contributed by atoms with Crippen LogP contribution in [0.4, 0.5) is 0 Å². The van der Waals surface area contributed by atoms with Gasteiger partial charge in [-0.2, -0.15) is 5.10 Å². The smallest absolute Gasteiger partial charge is 0.254 e. The van der Waals surface area contributed by atoms with Gasteiger partial charge in [-0.05, 0) is 25.4 Å². The Hall–Kier alpha value is -1.36. The number of nitrogens with one attached hydrogen (secondary N) is 2. The van der Waals surface area contributed by atoms with E-state index in [1.807, 2.05) is 0 Å². The zero-order valence-electron chi connectivity index (χ0n) is 9.57. The Morgan fingerprint density at radius 3 is 3.25 bits per heavy atom. The molecule has 1 unspecified atom stereocenters. The van der Waals surface area contributed by atoms with Crippen molar-refractivity contribution in [3.05, 3.63) is 18.0 Å². The Bertz CT molecular complexity index is 336. The van der Waals surface area contributed by atoms with E-state index in [0.29, 0.717) is 11.5 Å². The fraction of sp³-hybridized carbons (Fsp3) is 0.636. The third-order valence-corrected chi connectivity index (χ3v) is 3.13. The van der Waals surface area contributed by atoms with Crippen LogP contribution in [0.3, 0.4) is 0 Å². The monoisotopic (exact) mass is 222 g/mol. The van der Waals surface area contributed by atoms with Gasteiger partial charge in [-0.15, -0.1) is 0 Å². The molecule has 1 amide bonds. The molecule has 1 atom stereocenters. The maximum Gasteiger partial charge on any atom is 0.254 e. The quantitative estimate of drug-likeness (QED) is 0.779. The lowest BCUT2D eigenvalue weighted by atomic mass is 10.1. The SMILES string of the molecule is CCN1CCC(CNC(=O)c2cn[nH]c2)C1. The third kappa shape index (κ3) is 2.61. The number of aromatic amines is 1. The normalized spacial score (nSPS) is 21.2. The average molecular weight is 222 g/mol. The Morgan fingerprint density at radius 2 is 2.62 bits per heavy atom. The minimum Gasteiger partial charge on any atom is -0.352 e. The lowest BCUT2D eigenvalue weighted by Gasteiger charge is -2.13. The topological polar surface area (TPSA) is 61.0 Å². The highest BCUT2D eigenvalue weighted by Crippen LogP contribution is 2.14. The molecule has 0 aromatic carbocycles. The first-order valence-corrected chi connectivity index (χ1v) is 5.79. The fourth-order valence-corrected chi connectivity index (χ4v) is 2.08. The number of H-pyrrole nitrogens is 1. The van der Waals surface area contributed by atoms with Crippen LogP contribution >= 0.6 is 0 Å². The fourth-order valence-electron chi connectivity index (χ4n) is 2.08. The molecule has 1 saturated heterocycles. The van der Waals surface area contributed by atoms with E-state index in [0.717, 1.165) is 26.2 Å². The number of carbonyl (C=O) groups excluding carboxylic acids is 1. The zero-order valence-corrected chi connectivity index (χ0v) is 9.57. The highest BCUT2D eigenvalue weighted by molar-refractivity contribution is 5.93. The average Bonchev–Trinajstić information content (AvgIpc) is 2.96. The van der Waals surface area contributed by atoms with Gasteiger partial charge in [0.05, 0.1) is 11.8 Å². The molecule has 1 aliphatic heterocycles. The first-order chi connectivity index (χ1) is 7.79. The van der Waals surface area contributed by atoms with E-state index in [9.17, 15) is 4.79 Å². The summed E-state index contributed by atoms with van der Waals surface area (Å²) in [5.41, 5.74) is 0.602. The highest BCUT2D eigenvalue weighted by atomic mass is 16.1. The van der Waals surface area contributed by atoms with Crippen LogP contribution < -0.4 is 5.32 Å². The van der Waals surface area contributed by atoms with Gasteiger partial charge in [-0.25, -0.2) is 0 Å².